The summed E-state index contributed by atoms with van der Waals surface area (Å²) in [6.07, 6.45) is 0. The maximum atomic E-state index is 12.1. The average molecular weight is 277 g/mol. The van der Waals surface area contributed by atoms with Crippen LogP contribution in [-0.4, -0.2) is 44.1 Å². The van der Waals surface area contributed by atoms with Gasteiger partial charge in [0, 0.05) is 13.1 Å². The number of carbonyl (C=O) groups excluding carboxylic acids is 2. The van der Waals surface area contributed by atoms with Gasteiger partial charge in [0.1, 0.15) is 6.61 Å². The number of nitrogens with zero attached hydrogens (tertiary/aromatic N) is 1. The van der Waals surface area contributed by atoms with Crippen LogP contribution in [0.3, 0.4) is 0 Å². The number of likely N-dealkylation sites (tertiary alicyclic amines) is 1. The van der Waals surface area contributed by atoms with E-state index in [9.17, 15) is 9.59 Å². The third-order valence-electron chi connectivity index (χ3n) is 3.53. The molecular weight excluding hydrogens is 258 g/mol. The summed E-state index contributed by atoms with van der Waals surface area (Å²) in [6, 6.07) is 9.48. The van der Waals surface area contributed by atoms with E-state index in [1.807, 2.05) is 42.3 Å². The second-order valence-electron chi connectivity index (χ2n) is 5.05. The predicted molar refractivity (Wildman–Crippen MR) is 72.7 cm³/mol. The number of methoxy groups -OCH3 is 1. The highest BCUT2D eigenvalue weighted by Gasteiger charge is 2.42. The van der Waals surface area contributed by atoms with Crippen LogP contribution < -0.4 is 0 Å². The van der Waals surface area contributed by atoms with Gasteiger partial charge in [0.15, 0.2) is 0 Å². The molecule has 5 nitrogen and oxygen atoms in total. The third-order valence-corrected chi connectivity index (χ3v) is 3.53. The van der Waals surface area contributed by atoms with E-state index in [2.05, 4.69) is 0 Å². The van der Waals surface area contributed by atoms with Crippen LogP contribution >= 0.6 is 0 Å². The van der Waals surface area contributed by atoms with Crippen LogP contribution in [0.5, 0.6) is 0 Å². The molecule has 0 aromatic heterocycles. The van der Waals surface area contributed by atoms with Crippen LogP contribution in [0.1, 0.15) is 5.56 Å². The number of hydrogen-bond acceptors (Lipinski definition) is 5. The second-order valence-corrected chi connectivity index (χ2v) is 5.05. The molecule has 0 unspecified atom stereocenters. The monoisotopic (exact) mass is 277 g/mol. The van der Waals surface area contributed by atoms with Gasteiger partial charge in [-0.3, -0.25) is 9.59 Å². The van der Waals surface area contributed by atoms with Crippen molar-refractivity contribution in [1.29, 1.82) is 0 Å². The molecule has 2 rings (SSSR count). The van der Waals surface area contributed by atoms with Crippen molar-refractivity contribution < 1.29 is 19.1 Å². The molecular formula is C15H19NO4. The highest BCUT2D eigenvalue weighted by Crippen LogP contribution is 2.25. The standard InChI is InChI=1S/C15H19NO4/c1-16-8-12(14(17)19-2)13(9-16)15(18)20-10-11-6-4-3-5-7-11/h3-7,12-13H,8-10H2,1-2H3/t12-,13+/m1/s1. The van der Waals surface area contributed by atoms with Crippen molar-refractivity contribution in [3.63, 3.8) is 0 Å². The summed E-state index contributed by atoms with van der Waals surface area (Å²) in [4.78, 5) is 25.8. The lowest BCUT2D eigenvalue weighted by Crippen LogP contribution is -2.30. The highest BCUT2D eigenvalue weighted by atomic mass is 16.5. The lowest BCUT2D eigenvalue weighted by Gasteiger charge is -2.15. The van der Waals surface area contributed by atoms with Gasteiger partial charge in [-0.2, -0.15) is 0 Å². The van der Waals surface area contributed by atoms with Crippen molar-refractivity contribution in [3.8, 4) is 0 Å². The molecule has 1 heterocycles. The number of ether oxygens (including phenoxy) is 2. The van der Waals surface area contributed by atoms with Gasteiger partial charge in [0.2, 0.25) is 0 Å². The fraction of sp³-hybridized carbons (Fsp3) is 0.467. The van der Waals surface area contributed by atoms with E-state index in [0.29, 0.717) is 13.1 Å². The molecule has 1 aromatic carbocycles. The van der Waals surface area contributed by atoms with Crippen LogP contribution in [0.15, 0.2) is 30.3 Å². The van der Waals surface area contributed by atoms with E-state index < -0.39 is 11.8 Å². The van der Waals surface area contributed by atoms with Gasteiger partial charge >= 0.3 is 11.9 Å². The zero-order chi connectivity index (χ0) is 14.5. The minimum Gasteiger partial charge on any atom is -0.469 e. The summed E-state index contributed by atoms with van der Waals surface area (Å²) in [6.45, 7) is 1.28. The lowest BCUT2D eigenvalue weighted by atomic mass is 9.96. The first-order valence-electron chi connectivity index (χ1n) is 6.58. The zero-order valence-electron chi connectivity index (χ0n) is 11.7. The smallest absolute Gasteiger partial charge is 0.311 e. The van der Waals surface area contributed by atoms with Crippen LogP contribution in [0.2, 0.25) is 0 Å². The molecule has 1 aromatic rings. The van der Waals surface area contributed by atoms with Crippen LogP contribution in [0.25, 0.3) is 0 Å². The number of benzene rings is 1. The Morgan fingerprint density at radius 1 is 1.15 bits per heavy atom. The van der Waals surface area contributed by atoms with Crippen molar-refractivity contribution in [1.82, 2.24) is 4.90 Å². The molecule has 0 amide bonds. The number of carbonyl (C=O) groups is 2. The average Bonchev–Trinajstić information content (AvgIpc) is 2.87. The Labute approximate surface area is 118 Å². The largest absolute Gasteiger partial charge is 0.469 e. The maximum Gasteiger partial charge on any atom is 0.311 e. The Hall–Kier alpha value is -1.88. The van der Waals surface area contributed by atoms with Gasteiger partial charge in [-0.1, -0.05) is 30.3 Å². The van der Waals surface area contributed by atoms with Crippen molar-refractivity contribution in [3.05, 3.63) is 35.9 Å². The molecule has 0 radical (unpaired) electrons. The second kappa shape index (κ2) is 6.52. The van der Waals surface area contributed by atoms with Crippen LogP contribution in [0.4, 0.5) is 0 Å². The topological polar surface area (TPSA) is 55.8 Å². The van der Waals surface area contributed by atoms with Gasteiger partial charge in [-0.25, -0.2) is 0 Å². The Morgan fingerprint density at radius 3 is 2.35 bits per heavy atom. The number of rotatable bonds is 4. The Bertz CT molecular complexity index is 474. The van der Waals surface area contributed by atoms with E-state index in [4.69, 9.17) is 9.47 Å². The molecule has 20 heavy (non-hydrogen) atoms. The summed E-state index contributed by atoms with van der Waals surface area (Å²) in [5.41, 5.74) is 0.932. The van der Waals surface area contributed by atoms with Crippen LogP contribution in [0, 0.1) is 11.8 Å². The molecule has 5 heteroatoms. The normalized spacial score (nSPS) is 22.5. The third kappa shape index (κ3) is 3.36. The van der Waals surface area contributed by atoms with E-state index in [-0.39, 0.29) is 18.5 Å². The molecule has 0 aliphatic carbocycles. The summed E-state index contributed by atoms with van der Waals surface area (Å²) in [7, 11) is 3.22. The Balaban J connectivity index is 1.95. The molecule has 0 saturated carbocycles. The van der Waals surface area contributed by atoms with Crippen molar-refractivity contribution in [2.75, 3.05) is 27.2 Å². The Morgan fingerprint density at radius 2 is 1.75 bits per heavy atom. The molecule has 2 atom stereocenters. The summed E-state index contributed by atoms with van der Waals surface area (Å²) in [5, 5.41) is 0. The van der Waals surface area contributed by atoms with Gasteiger partial charge in [-0.05, 0) is 12.6 Å². The van der Waals surface area contributed by atoms with Crippen LogP contribution in [-0.2, 0) is 25.7 Å². The lowest BCUT2D eigenvalue weighted by molar-refractivity contribution is -0.157. The molecule has 1 saturated heterocycles. The quantitative estimate of drug-likeness (QED) is 0.771. The number of esters is 2. The molecule has 1 aliphatic heterocycles. The van der Waals surface area contributed by atoms with Gasteiger partial charge in [0.25, 0.3) is 0 Å². The van der Waals surface area contributed by atoms with Gasteiger partial charge in [0.05, 0.1) is 18.9 Å². The van der Waals surface area contributed by atoms with Crippen molar-refractivity contribution >= 4 is 11.9 Å². The number of hydrogen-bond donors (Lipinski definition) is 0. The SMILES string of the molecule is COC(=O)[C@@H]1CN(C)C[C@@H]1C(=O)OCc1ccccc1. The van der Waals surface area contributed by atoms with Gasteiger partial charge in [-0.15, -0.1) is 0 Å². The first-order chi connectivity index (χ1) is 9.61. The maximum absolute atomic E-state index is 12.1. The first kappa shape index (κ1) is 14.5. The molecule has 0 N–H and O–H groups in total. The molecule has 1 fully saturated rings. The molecule has 0 bridgehead atoms. The molecule has 0 spiro atoms. The van der Waals surface area contributed by atoms with E-state index in [1.54, 1.807) is 0 Å². The fourth-order valence-corrected chi connectivity index (χ4v) is 2.47. The van der Waals surface area contributed by atoms with Gasteiger partial charge < -0.3 is 14.4 Å². The summed E-state index contributed by atoms with van der Waals surface area (Å²) >= 11 is 0. The van der Waals surface area contributed by atoms with E-state index >= 15 is 0 Å². The fourth-order valence-electron chi connectivity index (χ4n) is 2.47. The first-order valence-corrected chi connectivity index (χ1v) is 6.58. The highest BCUT2D eigenvalue weighted by molar-refractivity contribution is 5.83. The van der Waals surface area contributed by atoms with Crippen molar-refractivity contribution in [2.24, 2.45) is 11.8 Å². The zero-order valence-corrected chi connectivity index (χ0v) is 11.7. The minimum atomic E-state index is -0.448. The minimum absolute atomic E-state index is 0.230. The Kier molecular flexibility index (Phi) is 4.74. The summed E-state index contributed by atoms with van der Waals surface area (Å²) < 4.78 is 10.1. The molecule has 108 valence electrons. The molecule has 1 aliphatic rings. The predicted octanol–water partition coefficient (Wildman–Crippen LogP) is 1.08. The summed E-state index contributed by atoms with van der Waals surface area (Å²) in [5.74, 6) is -1.57. The van der Waals surface area contributed by atoms with E-state index in [0.717, 1.165) is 5.56 Å². The van der Waals surface area contributed by atoms with E-state index in [1.165, 1.54) is 7.11 Å². The van der Waals surface area contributed by atoms with Crippen molar-refractivity contribution in [2.45, 2.75) is 6.61 Å².